The number of nitrogens with zero attached hydrogens (tertiary/aromatic N) is 2. The highest BCUT2D eigenvalue weighted by atomic mass is 32.2. The molecule has 164 valence electrons. The summed E-state index contributed by atoms with van der Waals surface area (Å²) in [5.41, 5.74) is 1.85. The molecule has 0 unspecified atom stereocenters. The van der Waals surface area contributed by atoms with Crippen LogP contribution < -0.4 is 4.74 Å². The summed E-state index contributed by atoms with van der Waals surface area (Å²) in [5, 5.41) is 10.8. The molecule has 2 aromatic rings. The number of fused-ring (bicyclic) bond motifs is 1. The van der Waals surface area contributed by atoms with E-state index in [9.17, 15) is 13.5 Å². The first-order valence-corrected chi connectivity index (χ1v) is 12.8. The molecule has 0 spiro atoms. The van der Waals surface area contributed by atoms with Gasteiger partial charge in [-0.3, -0.25) is 0 Å². The number of likely N-dealkylation sites (tertiary alicyclic amines) is 1. The molecular formula is C22H30N2O4S2. The van der Waals surface area contributed by atoms with Gasteiger partial charge in [-0.1, -0.05) is 6.07 Å². The van der Waals surface area contributed by atoms with Crippen molar-refractivity contribution in [3.63, 3.8) is 0 Å². The number of rotatable bonds is 5. The van der Waals surface area contributed by atoms with Crippen LogP contribution in [0.3, 0.4) is 0 Å². The number of aryl methyl sites for hydroxylation is 1. The Morgan fingerprint density at radius 3 is 2.57 bits per heavy atom. The van der Waals surface area contributed by atoms with Crippen molar-refractivity contribution >= 4 is 21.4 Å². The number of piperidine rings is 1. The number of hydrogen-bond acceptors (Lipinski definition) is 6. The molecule has 1 saturated heterocycles. The van der Waals surface area contributed by atoms with Crippen LogP contribution in [0.1, 0.15) is 42.7 Å². The van der Waals surface area contributed by atoms with Crippen LogP contribution >= 0.6 is 11.3 Å². The number of phenolic OH excluding ortho intramolecular Hbond substituents is 1. The second-order valence-electron chi connectivity index (χ2n) is 8.50. The molecule has 1 N–H and O–H groups in total. The van der Waals surface area contributed by atoms with Gasteiger partial charge in [-0.05, 0) is 63.3 Å². The number of ether oxygens (including phenoxy) is 1. The van der Waals surface area contributed by atoms with E-state index in [4.69, 9.17) is 4.74 Å². The molecule has 1 aromatic heterocycles. The van der Waals surface area contributed by atoms with Crippen LogP contribution in [0.5, 0.6) is 10.8 Å². The Morgan fingerprint density at radius 2 is 1.90 bits per heavy atom. The summed E-state index contributed by atoms with van der Waals surface area (Å²) in [4.78, 5) is 3.67. The van der Waals surface area contributed by atoms with Crippen molar-refractivity contribution in [1.29, 1.82) is 0 Å². The Morgan fingerprint density at radius 1 is 1.17 bits per heavy atom. The van der Waals surface area contributed by atoms with E-state index in [-0.39, 0.29) is 16.7 Å². The van der Waals surface area contributed by atoms with Crippen LogP contribution in [0.2, 0.25) is 0 Å². The molecule has 4 rings (SSSR count). The third-order valence-electron chi connectivity index (χ3n) is 6.13. The van der Waals surface area contributed by atoms with Gasteiger partial charge in [0, 0.05) is 43.2 Å². The third kappa shape index (κ3) is 4.37. The number of sulfonamides is 1. The van der Waals surface area contributed by atoms with Crippen LogP contribution in [0.4, 0.5) is 0 Å². The van der Waals surface area contributed by atoms with Crippen molar-refractivity contribution in [2.45, 2.75) is 63.6 Å². The molecule has 0 saturated carbocycles. The first-order chi connectivity index (χ1) is 14.2. The van der Waals surface area contributed by atoms with E-state index in [0.29, 0.717) is 31.1 Å². The average Bonchev–Trinajstić information content (AvgIpc) is 3.11. The van der Waals surface area contributed by atoms with Crippen LogP contribution in [0, 0.1) is 6.92 Å². The summed E-state index contributed by atoms with van der Waals surface area (Å²) in [6, 6.07) is 7.21. The Bertz CT molecular complexity index is 1010. The van der Waals surface area contributed by atoms with Crippen LogP contribution in [0.15, 0.2) is 29.2 Å². The predicted molar refractivity (Wildman–Crippen MR) is 119 cm³/mol. The van der Waals surface area contributed by atoms with Crippen LogP contribution in [-0.4, -0.2) is 54.5 Å². The minimum atomic E-state index is -3.64. The SMILES string of the molecule is Cc1ccc(S(=O)(=O)N2CCc3cc(OC4CCN(C(C)C)CC4)sc3C2)cc1O. The lowest BCUT2D eigenvalue weighted by Crippen LogP contribution is -2.41. The maximum Gasteiger partial charge on any atom is 0.243 e. The standard InChI is InChI=1S/C22H30N2O4S2/c1-15(2)23-9-7-18(8-10-23)28-22-12-17-6-11-24(14-21(17)29-22)30(26,27)19-5-4-16(3)20(25)13-19/h4-5,12-13,15,18,25H,6-11,14H2,1-3H3. The lowest BCUT2D eigenvalue weighted by atomic mass is 10.1. The van der Waals surface area contributed by atoms with Gasteiger partial charge in [-0.15, -0.1) is 11.3 Å². The van der Waals surface area contributed by atoms with Crippen molar-refractivity contribution in [3.05, 3.63) is 40.3 Å². The zero-order valence-electron chi connectivity index (χ0n) is 17.8. The maximum absolute atomic E-state index is 13.1. The van der Waals surface area contributed by atoms with Crippen LogP contribution in [0.25, 0.3) is 0 Å². The number of phenols is 1. The van der Waals surface area contributed by atoms with Crippen LogP contribution in [-0.2, 0) is 23.0 Å². The molecule has 0 radical (unpaired) electrons. The minimum Gasteiger partial charge on any atom is -0.508 e. The first kappa shape index (κ1) is 21.6. The molecule has 2 aliphatic rings. The first-order valence-electron chi connectivity index (χ1n) is 10.6. The second-order valence-corrected chi connectivity index (χ2v) is 11.5. The Kier molecular flexibility index (Phi) is 6.12. The molecular weight excluding hydrogens is 420 g/mol. The van der Waals surface area contributed by atoms with Crippen molar-refractivity contribution in [1.82, 2.24) is 9.21 Å². The molecule has 2 aliphatic heterocycles. The summed E-state index contributed by atoms with van der Waals surface area (Å²) in [7, 11) is -3.64. The second kappa shape index (κ2) is 8.49. The summed E-state index contributed by atoms with van der Waals surface area (Å²) in [6.45, 7) is 9.11. The number of aromatic hydroxyl groups is 1. The largest absolute Gasteiger partial charge is 0.508 e. The molecule has 0 bridgehead atoms. The van der Waals surface area contributed by atoms with E-state index in [1.54, 1.807) is 30.4 Å². The molecule has 8 heteroatoms. The summed E-state index contributed by atoms with van der Waals surface area (Å²) >= 11 is 1.57. The minimum absolute atomic E-state index is 0.00379. The molecule has 1 fully saturated rings. The van der Waals surface area contributed by atoms with Gasteiger partial charge in [0.2, 0.25) is 10.0 Å². The number of thiophene rings is 1. The monoisotopic (exact) mass is 450 g/mol. The van der Waals surface area contributed by atoms with Gasteiger partial charge in [0.1, 0.15) is 11.9 Å². The van der Waals surface area contributed by atoms with Crippen molar-refractivity contribution in [3.8, 4) is 10.8 Å². The highest BCUT2D eigenvalue weighted by molar-refractivity contribution is 7.89. The van der Waals surface area contributed by atoms with Crippen molar-refractivity contribution in [2.24, 2.45) is 0 Å². The van der Waals surface area contributed by atoms with E-state index in [1.807, 2.05) is 0 Å². The van der Waals surface area contributed by atoms with E-state index < -0.39 is 10.0 Å². The third-order valence-corrected chi connectivity index (χ3v) is 9.03. The van der Waals surface area contributed by atoms with E-state index >= 15 is 0 Å². The topological polar surface area (TPSA) is 70.1 Å². The quantitative estimate of drug-likeness (QED) is 0.751. The number of benzene rings is 1. The van der Waals surface area contributed by atoms with Gasteiger partial charge in [-0.2, -0.15) is 4.31 Å². The van der Waals surface area contributed by atoms with Gasteiger partial charge >= 0.3 is 0 Å². The zero-order valence-corrected chi connectivity index (χ0v) is 19.4. The smallest absolute Gasteiger partial charge is 0.243 e. The molecule has 0 amide bonds. The van der Waals surface area contributed by atoms with Gasteiger partial charge in [0.15, 0.2) is 5.06 Å². The predicted octanol–water partition coefficient (Wildman–Crippen LogP) is 3.76. The Balaban J connectivity index is 1.43. The summed E-state index contributed by atoms with van der Waals surface area (Å²) < 4.78 is 33.9. The van der Waals surface area contributed by atoms with E-state index in [1.165, 1.54) is 15.9 Å². The average molecular weight is 451 g/mol. The summed E-state index contributed by atoms with van der Waals surface area (Å²) in [5.74, 6) is 0.00379. The maximum atomic E-state index is 13.1. The molecule has 6 nitrogen and oxygen atoms in total. The Hall–Kier alpha value is -1.61. The fraction of sp³-hybridized carbons (Fsp3) is 0.545. The fourth-order valence-electron chi connectivity index (χ4n) is 4.11. The normalized spacial score (nSPS) is 19.2. The van der Waals surface area contributed by atoms with Gasteiger partial charge in [-0.25, -0.2) is 8.42 Å². The van der Waals surface area contributed by atoms with E-state index in [2.05, 4.69) is 24.8 Å². The van der Waals surface area contributed by atoms with Crippen molar-refractivity contribution in [2.75, 3.05) is 19.6 Å². The fourth-order valence-corrected chi connectivity index (χ4v) is 6.76. The lowest BCUT2D eigenvalue weighted by Gasteiger charge is -2.34. The van der Waals surface area contributed by atoms with Gasteiger partial charge in [0.05, 0.1) is 4.90 Å². The van der Waals surface area contributed by atoms with Gasteiger partial charge < -0.3 is 14.7 Å². The van der Waals surface area contributed by atoms with E-state index in [0.717, 1.165) is 35.9 Å². The highest BCUT2D eigenvalue weighted by Gasteiger charge is 2.31. The lowest BCUT2D eigenvalue weighted by molar-refractivity contribution is 0.0868. The molecule has 0 atom stereocenters. The molecule has 0 aliphatic carbocycles. The molecule has 30 heavy (non-hydrogen) atoms. The zero-order chi connectivity index (χ0) is 21.5. The highest BCUT2D eigenvalue weighted by Crippen LogP contribution is 2.37. The molecule has 3 heterocycles. The number of hydrogen-bond donors (Lipinski definition) is 1. The van der Waals surface area contributed by atoms with Crippen molar-refractivity contribution < 1.29 is 18.3 Å². The molecule has 1 aromatic carbocycles. The summed E-state index contributed by atoms with van der Waals surface area (Å²) in [6.07, 6.45) is 2.96. The Labute approximate surface area is 183 Å². The van der Waals surface area contributed by atoms with Gasteiger partial charge in [0.25, 0.3) is 0 Å².